The lowest BCUT2D eigenvalue weighted by Crippen LogP contribution is -2.55. The summed E-state index contributed by atoms with van der Waals surface area (Å²) < 4.78 is 54.3. The van der Waals surface area contributed by atoms with Crippen molar-refractivity contribution in [3.05, 3.63) is 59.2 Å². The molecule has 1 aromatic rings. The number of fused-ring (bicyclic) bond motifs is 4. The Kier molecular flexibility index (Phi) is 9.49. The van der Waals surface area contributed by atoms with Crippen LogP contribution < -0.4 is 0 Å². The molecular formula is C40H57F3O4. The first-order valence-corrected chi connectivity index (χ1v) is 17.8. The van der Waals surface area contributed by atoms with Crippen LogP contribution in [-0.2, 0) is 19.9 Å². The van der Waals surface area contributed by atoms with Crippen LogP contribution in [-0.4, -0.2) is 36.6 Å². The highest BCUT2D eigenvalue weighted by Gasteiger charge is 2.65. The van der Waals surface area contributed by atoms with Crippen LogP contribution in [0.1, 0.15) is 118 Å². The first-order valence-electron chi connectivity index (χ1n) is 17.8. The molecule has 0 spiro atoms. The number of hydrogen-bond donors (Lipinski definition) is 1. The van der Waals surface area contributed by atoms with Crippen LogP contribution in [0.5, 0.6) is 0 Å². The molecule has 0 aliphatic heterocycles. The smallest absolute Gasteiger partial charge is 0.432 e. The van der Waals surface area contributed by atoms with Crippen LogP contribution >= 0.6 is 0 Å². The van der Waals surface area contributed by atoms with Gasteiger partial charge in [-0.2, -0.15) is 13.2 Å². The monoisotopic (exact) mass is 658 g/mol. The van der Waals surface area contributed by atoms with E-state index in [2.05, 4.69) is 48.1 Å². The molecule has 0 radical (unpaired) electrons. The normalized spacial score (nSPS) is 36.0. The summed E-state index contributed by atoms with van der Waals surface area (Å²) in [6.45, 7) is 20.0. The van der Waals surface area contributed by atoms with Gasteiger partial charge in [-0.3, -0.25) is 0 Å². The molecule has 0 bridgehead atoms. The molecule has 4 aliphatic carbocycles. The van der Waals surface area contributed by atoms with Gasteiger partial charge in [0.2, 0.25) is 0 Å². The number of carbonyl (C=O) groups excluding carboxylic acids is 1. The zero-order chi connectivity index (χ0) is 34.8. The summed E-state index contributed by atoms with van der Waals surface area (Å²) in [6.07, 6.45) is 3.63. The van der Waals surface area contributed by atoms with E-state index >= 15 is 0 Å². The molecule has 7 heteroatoms. The van der Waals surface area contributed by atoms with Gasteiger partial charge in [0.1, 0.15) is 6.10 Å². The fourth-order valence-corrected chi connectivity index (χ4v) is 11.2. The van der Waals surface area contributed by atoms with Gasteiger partial charge in [0.25, 0.3) is 5.60 Å². The number of alkyl halides is 3. The van der Waals surface area contributed by atoms with Gasteiger partial charge in [-0.1, -0.05) is 89.6 Å². The molecule has 0 saturated heterocycles. The zero-order valence-electron chi connectivity index (χ0n) is 29.9. The molecule has 2 saturated carbocycles. The van der Waals surface area contributed by atoms with Crippen molar-refractivity contribution in [2.24, 2.45) is 39.4 Å². The molecule has 2 fully saturated rings. The number of aliphatic hydroxyl groups is 1. The van der Waals surface area contributed by atoms with Crippen molar-refractivity contribution in [2.45, 2.75) is 137 Å². The quantitative estimate of drug-likeness (QED) is 0.212. The molecule has 47 heavy (non-hydrogen) atoms. The predicted octanol–water partition coefficient (Wildman–Crippen LogP) is 10.1. The fraction of sp³-hybridized carbons (Fsp3) is 0.725. The maximum atomic E-state index is 14.5. The summed E-state index contributed by atoms with van der Waals surface area (Å²) in [4.78, 5) is 13.4. The number of aliphatic hydroxyl groups excluding tert-OH is 1. The highest BCUT2D eigenvalue weighted by molar-refractivity contribution is 5.83. The zero-order valence-corrected chi connectivity index (χ0v) is 29.9. The Labute approximate surface area is 280 Å². The van der Waals surface area contributed by atoms with Crippen molar-refractivity contribution in [2.75, 3.05) is 7.11 Å². The van der Waals surface area contributed by atoms with E-state index in [1.54, 1.807) is 24.1 Å². The van der Waals surface area contributed by atoms with Gasteiger partial charge in [0, 0.05) is 12.7 Å². The number of hydrogen-bond acceptors (Lipinski definition) is 4. The van der Waals surface area contributed by atoms with Crippen LogP contribution in [0.3, 0.4) is 0 Å². The van der Waals surface area contributed by atoms with E-state index in [1.807, 2.05) is 0 Å². The van der Waals surface area contributed by atoms with E-state index in [4.69, 9.17) is 9.47 Å². The molecule has 9 atom stereocenters. The average molecular weight is 659 g/mol. The number of carbonyl (C=O) groups is 1. The van der Waals surface area contributed by atoms with E-state index < -0.39 is 23.9 Å². The summed E-state index contributed by atoms with van der Waals surface area (Å²) in [6, 6.07) is 6.97. The number of allylic oxidation sites excluding steroid dienone is 2. The highest BCUT2D eigenvalue weighted by atomic mass is 19.4. The lowest BCUT2D eigenvalue weighted by Gasteiger charge is -2.62. The fourth-order valence-electron chi connectivity index (χ4n) is 11.2. The summed E-state index contributed by atoms with van der Waals surface area (Å²) in [5, 5.41) is 10.9. The third-order valence-electron chi connectivity index (χ3n) is 14.3. The Morgan fingerprint density at radius 2 is 1.64 bits per heavy atom. The molecule has 0 unspecified atom stereocenters. The Morgan fingerprint density at radius 1 is 0.979 bits per heavy atom. The Morgan fingerprint density at radius 3 is 2.23 bits per heavy atom. The van der Waals surface area contributed by atoms with Gasteiger partial charge >= 0.3 is 12.1 Å². The van der Waals surface area contributed by atoms with E-state index in [9.17, 15) is 23.1 Å². The summed E-state index contributed by atoms with van der Waals surface area (Å²) in [5.74, 6) is -0.228. The van der Waals surface area contributed by atoms with Crippen molar-refractivity contribution < 1.29 is 32.5 Å². The molecule has 4 aliphatic rings. The molecule has 1 N–H and O–H groups in total. The molecule has 0 amide bonds. The average Bonchev–Trinajstić information content (AvgIpc) is 3.28. The number of esters is 1. The molecule has 0 heterocycles. The van der Waals surface area contributed by atoms with Crippen molar-refractivity contribution in [3.8, 4) is 0 Å². The third-order valence-corrected chi connectivity index (χ3v) is 14.3. The van der Waals surface area contributed by atoms with Gasteiger partial charge in [0.15, 0.2) is 0 Å². The minimum Gasteiger partial charge on any atom is -0.455 e. The van der Waals surface area contributed by atoms with Crippen molar-refractivity contribution >= 4 is 5.97 Å². The van der Waals surface area contributed by atoms with Crippen molar-refractivity contribution in [3.63, 3.8) is 0 Å². The molecule has 5 rings (SSSR count). The van der Waals surface area contributed by atoms with Gasteiger partial charge in [-0.15, -0.1) is 0 Å². The SMILES string of the molecule is C=C(C)[C@@H](CC[C@H](C)[C@@H]1CC[C@]2(C)C3=C(CC[C@@]12C)[C@@]1(C)CC[C@H](O)C(C)(C)[C@@H]1CC3)OC(=O)[C@@](OC)(c1ccccc1)C(F)(F)F. The largest absolute Gasteiger partial charge is 0.455 e. The number of halogens is 3. The third kappa shape index (κ3) is 5.45. The topological polar surface area (TPSA) is 55.8 Å². The van der Waals surface area contributed by atoms with Crippen LogP contribution in [0.15, 0.2) is 53.6 Å². The Bertz CT molecular complexity index is 1380. The van der Waals surface area contributed by atoms with Gasteiger partial charge in [-0.05, 0) is 116 Å². The predicted molar refractivity (Wildman–Crippen MR) is 179 cm³/mol. The second-order valence-electron chi connectivity index (χ2n) is 16.8. The minimum atomic E-state index is -5.02. The Balaban J connectivity index is 1.34. The first kappa shape index (κ1) is 36.2. The number of benzene rings is 1. The molecule has 4 nitrogen and oxygen atoms in total. The minimum absolute atomic E-state index is 0.0900. The number of methoxy groups -OCH3 is 1. The van der Waals surface area contributed by atoms with E-state index in [-0.39, 0.29) is 33.3 Å². The van der Waals surface area contributed by atoms with Crippen molar-refractivity contribution in [1.82, 2.24) is 0 Å². The summed E-state index contributed by atoms with van der Waals surface area (Å²) >= 11 is 0. The first-order chi connectivity index (χ1) is 21.8. The molecule has 262 valence electrons. The van der Waals surface area contributed by atoms with Gasteiger partial charge in [-0.25, -0.2) is 4.79 Å². The number of rotatable bonds is 9. The highest BCUT2D eigenvalue weighted by Crippen LogP contribution is 2.72. The van der Waals surface area contributed by atoms with Crippen LogP contribution in [0, 0.1) is 39.4 Å². The molecular weight excluding hydrogens is 601 g/mol. The van der Waals surface area contributed by atoms with Crippen LogP contribution in [0.2, 0.25) is 0 Å². The Hall–Kier alpha value is -2.12. The number of ether oxygens (including phenoxy) is 2. The van der Waals surface area contributed by atoms with E-state index in [0.29, 0.717) is 29.7 Å². The van der Waals surface area contributed by atoms with Gasteiger partial charge < -0.3 is 14.6 Å². The standard InChI is InChI=1S/C40H57F3O4/c1-25(2)31(47-34(45)39(46-9,40(41,42)43)27-13-11-10-12-14-27)17-15-26(3)28-19-23-38(8)30-16-18-32-35(4,5)33(44)21-22-36(32,6)29(30)20-24-37(28,38)7/h10-14,26,28,31-33,44H,1,15-24H2,2-9H3/t26-,28-,31+,32-,33-,36+,37-,38+,39-/m0/s1. The second-order valence-corrected chi connectivity index (χ2v) is 16.8. The van der Waals surface area contributed by atoms with E-state index in [0.717, 1.165) is 64.9 Å². The summed E-state index contributed by atoms with van der Waals surface area (Å²) in [7, 11) is 0.897. The van der Waals surface area contributed by atoms with Crippen molar-refractivity contribution in [1.29, 1.82) is 0 Å². The molecule has 1 aromatic carbocycles. The van der Waals surface area contributed by atoms with Crippen LogP contribution in [0.4, 0.5) is 13.2 Å². The lowest BCUT2D eigenvalue weighted by molar-refractivity contribution is -0.277. The summed E-state index contributed by atoms with van der Waals surface area (Å²) in [5.41, 5.74) is 0.620. The lowest BCUT2D eigenvalue weighted by atomic mass is 9.43. The maximum absolute atomic E-state index is 14.5. The molecule has 0 aromatic heterocycles. The van der Waals surface area contributed by atoms with E-state index in [1.165, 1.54) is 24.3 Å². The maximum Gasteiger partial charge on any atom is 0.432 e. The van der Waals surface area contributed by atoms with Gasteiger partial charge in [0.05, 0.1) is 6.10 Å². The second kappa shape index (κ2) is 12.3. The van der Waals surface area contributed by atoms with Crippen LogP contribution in [0.25, 0.3) is 0 Å².